The van der Waals surface area contributed by atoms with Crippen molar-refractivity contribution in [2.24, 2.45) is 0 Å². The van der Waals surface area contributed by atoms with Crippen molar-refractivity contribution in [2.75, 3.05) is 11.9 Å². The van der Waals surface area contributed by atoms with E-state index in [1.807, 2.05) is 36.4 Å². The largest absolute Gasteiger partial charge is 0.366 e. The predicted molar refractivity (Wildman–Crippen MR) is 110 cm³/mol. The predicted octanol–water partition coefficient (Wildman–Crippen LogP) is 4.63. The zero-order valence-corrected chi connectivity index (χ0v) is 16.0. The monoisotopic (exact) mass is 379 g/mol. The molecule has 3 aromatic rings. The van der Waals surface area contributed by atoms with Crippen LogP contribution in [0.5, 0.6) is 0 Å². The molecule has 0 aliphatic heterocycles. The summed E-state index contributed by atoms with van der Waals surface area (Å²) in [5, 5.41) is 6.90. The van der Waals surface area contributed by atoms with Crippen molar-refractivity contribution in [1.29, 1.82) is 0 Å². The number of aromatic nitrogens is 1. The maximum atomic E-state index is 12.2. The molecule has 0 aliphatic carbocycles. The molecule has 0 aliphatic rings. The quantitative estimate of drug-likeness (QED) is 0.629. The fraction of sp³-hybridized carbons (Fsp3) is 0.182. The van der Waals surface area contributed by atoms with Gasteiger partial charge in [0, 0.05) is 24.3 Å². The summed E-state index contributed by atoms with van der Waals surface area (Å²) in [6.45, 7) is 3.33. The first-order chi connectivity index (χ1) is 13.1. The van der Waals surface area contributed by atoms with Crippen molar-refractivity contribution in [2.45, 2.75) is 19.9 Å². The smallest absolute Gasteiger partial charge is 0.252 e. The van der Waals surface area contributed by atoms with Crippen LogP contribution >= 0.6 is 11.6 Å². The normalized spacial score (nSPS) is 10.4. The van der Waals surface area contributed by atoms with Gasteiger partial charge in [-0.2, -0.15) is 0 Å². The van der Waals surface area contributed by atoms with Crippen molar-refractivity contribution in [1.82, 2.24) is 10.3 Å². The second kappa shape index (κ2) is 9.19. The molecule has 1 aromatic heterocycles. The molecule has 0 bridgehead atoms. The molecule has 0 saturated heterocycles. The molecule has 0 spiro atoms. The summed E-state index contributed by atoms with van der Waals surface area (Å²) >= 11 is 5.87. The van der Waals surface area contributed by atoms with Crippen molar-refractivity contribution in [3.8, 4) is 0 Å². The molecule has 0 unspecified atom stereocenters. The van der Waals surface area contributed by atoms with Gasteiger partial charge in [-0.15, -0.1) is 0 Å². The molecule has 0 saturated carbocycles. The lowest BCUT2D eigenvalue weighted by Gasteiger charge is -2.08. The number of nitrogens with one attached hydrogen (secondary N) is 2. The number of benzene rings is 2. The molecule has 0 radical (unpaired) electrons. The maximum Gasteiger partial charge on any atom is 0.252 e. The van der Waals surface area contributed by atoms with Gasteiger partial charge in [-0.25, -0.2) is 4.98 Å². The van der Waals surface area contributed by atoms with Gasteiger partial charge in [0.15, 0.2) is 0 Å². The zero-order valence-electron chi connectivity index (χ0n) is 15.2. The van der Waals surface area contributed by atoms with Gasteiger partial charge in [-0.3, -0.25) is 4.79 Å². The van der Waals surface area contributed by atoms with Crippen LogP contribution in [0.4, 0.5) is 5.82 Å². The van der Waals surface area contributed by atoms with Crippen LogP contribution in [0.15, 0.2) is 66.9 Å². The number of rotatable bonds is 7. The molecule has 5 heteroatoms. The average Bonchev–Trinajstić information content (AvgIpc) is 2.68. The van der Waals surface area contributed by atoms with Crippen LogP contribution in [-0.2, 0) is 13.0 Å². The van der Waals surface area contributed by atoms with Gasteiger partial charge in [-0.05, 0) is 48.7 Å². The van der Waals surface area contributed by atoms with Crippen molar-refractivity contribution < 1.29 is 4.79 Å². The van der Waals surface area contributed by atoms with E-state index in [4.69, 9.17) is 11.6 Å². The minimum Gasteiger partial charge on any atom is -0.366 e. The molecule has 2 aromatic carbocycles. The van der Waals surface area contributed by atoms with Crippen LogP contribution in [0, 0.1) is 6.92 Å². The lowest BCUT2D eigenvalue weighted by molar-refractivity contribution is 0.0954. The summed E-state index contributed by atoms with van der Waals surface area (Å²) in [7, 11) is 0. The number of anilines is 1. The zero-order chi connectivity index (χ0) is 19.1. The molecular formula is C22H22ClN3O. The van der Waals surface area contributed by atoms with Gasteiger partial charge >= 0.3 is 0 Å². The van der Waals surface area contributed by atoms with E-state index < -0.39 is 0 Å². The molecule has 4 nitrogen and oxygen atoms in total. The van der Waals surface area contributed by atoms with Gasteiger partial charge in [-0.1, -0.05) is 53.6 Å². The Balaban J connectivity index is 1.47. The molecule has 1 heterocycles. The van der Waals surface area contributed by atoms with Crippen LogP contribution in [0.1, 0.15) is 27.0 Å². The maximum absolute atomic E-state index is 12.2. The molecule has 2 N–H and O–H groups in total. The highest BCUT2D eigenvalue weighted by atomic mass is 35.5. The first-order valence-electron chi connectivity index (χ1n) is 8.88. The van der Waals surface area contributed by atoms with Crippen LogP contribution < -0.4 is 10.6 Å². The number of nitrogens with zero attached hydrogens (tertiary/aromatic N) is 1. The summed E-state index contributed by atoms with van der Waals surface area (Å²) in [4.78, 5) is 16.6. The number of halogens is 1. The molecule has 1 amide bonds. The lowest BCUT2D eigenvalue weighted by Crippen LogP contribution is -2.25. The molecule has 3 rings (SSSR count). The number of hydrogen-bond acceptors (Lipinski definition) is 3. The lowest BCUT2D eigenvalue weighted by atomic mass is 10.1. The summed E-state index contributed by atoms with van der Waals surface area (Å²) in [5.41, 5.74) is 4.11. The highest BCUT2D eigenvalue weighted by Crippen LogP contribution is 2.11. The minimum absolute atomic E-state index is 0.123. The highest BCUT2D eigenvalue weighted by molar-refractivity contribution is 6.30. The van der Waals surface area contributed by atoms with E-state index in [2.05, 4.69) is 40.7 Å². The van der Waals surface area contributed by atoms with E-state index in [-0.39, 0.29) is 5.91 Å². The summed E-state index contributed by atoms with van der Waals surface area (Å²) in [5.74, 6) is 0.621. The Morgan fingerprint density at radius 1 is 1.04 bits per heavy atom. The van der Waals surface area contributed by atoms with Crippen LogP contribution in [0.25, 0.3) is 0 Å². The summed E-state index contributed by atoms with van der Waals surface area (Å²) in [6.07, 6.45) is 2.35. The third-order valence-electron chi connectivity index (χ3n) is 4.19. The first-order valence-corrected chi connectivity index (χ1v) is 9.26. The minimum atomic E-state index is -0.123. The third-order valence-corrected chi connectivity index (χ3v) is 4.45. The van der Waals surface area contributed by atoms with E-state index >= 15 is 0 Å². The van der Waals surface area contributed by atoms with Crippen molar-refractivity contribution >= 4 is 23.3 Å². The van der Waals surface area contributed by atoms with Crippen LogP contribution in [0.3, 0.4) is 0 Å². The van der Waals surface area contributed by atoms with E-state index in [1.54, 1.807) is 12.3 Å². The second-order valence-corrected chi connectivity index (χ2v) is 6.84. The number of carbonyl (C=O) groups is 1. The molecule has 138 valence electrons. The number of hydrogen-bond donors (Lipinski definition) is 2. The Morgan fingerprint density at radius 3 is 2.56 bits per heavy atom. The molecule has 0 atom stereocenters. The fourth-order valence-electron chi connectivity index (χ4n) is 2.72. The van der Waals surface area contributed by atoms with Gasteiger partial charge in [0.2, 0.25) is 0 Å². The van der Waals surface area contributed by atoms with E-state index in [0.29, 0.717) is 23.7 Å². The Hall–Kier alpha value is -2.85. The second-order valence-electron chi connectivity index (χ2n) is 6.41. The van der Waals surface area contributed by atoms with Gasteiger partial charge in [0.1, 0.15) is 5.82 Å². The SMILES string of the molecule is Cc1cccc(CNc2ccc(C(=O)NCCc3ccc(Cl)cc3)cn2)c1. The van der Waals surface area contributed by atoms with Crippen LogP contribution in [0.2, 0.25) is 5.02 Å². The van der Waals surface area contributed by atoms with Gasteiger partial charge < -0.3 is 10.6 Å². The van der Waals surface area contributed by atoms with Crippen molar-refractivity contribution in [3.63, 3.8) is 0 Å². The molecular weight excluding hydrogens is 358 g/mol. The van der Waals surface area contributed by atoms with Gasteiger partial charge in [0.25, 0.3) is 5.91 Å². The Labute approximate surface area is 164 Å². The number of aryl methyl sites for hydroxylation is 1. The Morgan fingerprint density at radius 2 is 1.85 bits per heavy atom. The number of carbonyl (C=O) groups excluding carboxylic acids is 1. The van der Waals surface area contributed by atoms with Gasteiger partial charge in [0.05, 0.1) is 5.56 Å². The first kappa shape index (κ1) is 18.9. The number of amides is 1. The number of pyridine rings is 1. The van der Waals surface area contributed by atoms with E-state index in [9.17, 15) is 4.79 Å². The Bertz CT molecular complexity index is 892. The molecule has 27 heavy (non-hydrogen) atoms. The third kappa shape index (κ3) is 5.83. The molecule has 0 fully saturated rings. The fourth-order valence-corrected chi connectivity index (χ4v) is 2.85. The summed E-state index contributed by atoms with van der Waals surface area (Å²) in [6, 6.07) is 19.6. The van der Waals surface area contributed by atoms with Crippen molar-refractivity contribution in [3.05, 3.63) is 94.1 Å². The standard InChI is InChI=1S/C22H22ClN3O/c1-16-3-2-4-18(13-16)14-25-21-10-7-19(15-26-21)22(27)24-12-11-17-5-8-20(23)9-6-17/h2-10,13,15H,11-12,14H2,1H3,(H,24,27)(H,25,26). The Kier molecular flexibility index (Phi) is 6.44. The highest BCUT2D eigenvalue weighted by Gasteiger charge is 2.06. The van der Waals surface area contributed by atoms with E-state index in [0.717, 1.165) is 17.8 Å². The van der Waals surface area contributed by atoms with Crippen LogP contribution in [-0.4, -0.2) is 17.4 Å². The topological polar surface area (TPSA) is 54.0 Å². The average molecular weight is 380 g/mol. The van der Waals surface area contributed by atoms with E-state index in [1.165, 1.54) is 11.1 Å². The summed E-state index contributed by atoms with van der Waals surface area (Å²) < 4.78 is 0.